The molecule has 0 aliphatic heterocycles. The summed E-state index contributed by atoms with van der Waals surface area (Å²) >= 11 is 0. The number of ether oxygens (including phenoxy) is 7. The molecular formula is C30H47NO11. The minimum atomic E-state index is -1.10. The molecule has 3 atom stereocenters. The third-order valence-electron chi connectivity index (χ3n) is 5.87. The molecule has 12 nitrogen and oxygen atoms in total. The van der Waals surface area contributed by atoms with Crippen LogP contribution in [0.1, 0.15) is 85.6 Å². The Bertz CT molecular complexity index is 982. The summed E-state index contributed by atoms with van der Waals surface area (Å²) in [6, 6.07) is 3.28. The molecule has 1 aromatic carbocycles. The minimum absolute atomic E-state index is 0.000866. The van der Waals surface area contributed by atoms with Crippen LogP contribution in [0.25, 0.3) is 0 Å². The van der Waals surface area contributed by atoms with Crippen LogP contribution in [0.3, 0.4) is 0 Å². The van der Waals surface area contributed by atoms with Gasteiger partial charge in [-0.3, -0.25) is 4.79 Å². The van der Waals surface area contributed by atoms with E-state index in [-0.39, 0.29) is 43.7 Å². The number of carbonyl (C=O) groups excluding carboxylic acids is 4. The van der Waals surface area contributed by atoms with Gasteiger partial charge in [0.05, 0.1) is 19.8 Å². The highest BCUT2D eigenvalue weighted by atomic mass is 16.7. The van der Waals surface area contributed by atoms with Crippen molar-refractivity contribution in [2.45, 2.75) is 105 Å². The lowest BCUT2D eigenvalue weighted by molar-refractivity contribution is -0.155. The Morgan fingerprint density at radius 2 is 1.26 bits per heavy atom. The van der Waals surface area contributed by atoms with Crippen molar-refractivity contribution in [2.24, 2.45) is 11.7 Å². The van der Waals surface area contributed by atoms with Gasteiger partial charge in [-0.15, -0.1) is 0 Å². The zero-order valence-electron chi connectivity index (χ0n) is 25.7. The van der Waals surface area contributed by atoms with Crippen LogP contribution >= 0.6 is 0 Å². The van der Waals surface area contributed by atoms with Gasteiger partial charge in [-0.1, -0.05) is 59.4 Å². The van der Waals surface area contributed by atoms with Gasteiger partial charge in [-0.2, -0.15) is 0 Å². The molecule has 0 saturated heterocycles. The summed E-state index contributed by atoms with van der Waals surface area (Å²) in [6.07, 6.45) is 0.741. The van der Waals surface area contributed by atoms with E-state index in [0.717, 1.165) is 25.7 Å². The molecule has 0 heterocycles. The summed E-state index contributed by atoms with van der Waals surface area (Å²) in [6.45, 7) is 11.5. The van der Waals surface area contributed by atoms with E-state index in [1.165, 1.54) is 12.1 Å². The van der Waals surface area contributed by atoms with Crippen LogP contribution < -0.4 is 15.2 Å². The zero-order chi connectivity index (χ0) is 31.5. The maximum atomic E-state index is 12.6. The summed E-state index contributed by atoms with van der Waals surface area (Å²) in [5.41, 5.74) is 6.57. The van der Waals surface area contributed by atoms with Gasteiger partial charge >= 0.3 is 24.4 Å². The quantitative estimate of drug-likeness (QED) is 0.0898. The Morgan fingerprint density at radius 3 is 1.81 bits per heavy atom. The number of unbranched alkanes of at least 4 members (excludes halogenated alkanes) is 4. The third kappa shape index (κ3) is 15.5. The highest BCUT2D eigenvalue weighted by molar-refractivity contribution is 5.76. The largest absolute Gasteiger partial charge is 0.513 e. The van der Waals surface area contributed by atoms with Crippen LogP contribution in [-0.4, -0.2) is 62.5 Å². The number of hydrogen-bond donors (Lipinski definition) is 1. The van der Waals surface area contributed by atoms with Crippen molar-refractivity contribution in [1.82, 2.24) is 0 Å². The summed E-state index contributed by atoms with van der Waals surface area (Å²) in [7, 11) is 0. The molecule has 0 aromatic heterocycles. The SMILES string of the molecule is CCCCCOC(=O)Oc1ccc(C[C@H](N)C(=O)O[C@@H](C)[C@H](C)OC(=O)OCC(C)C)cc1OC(=O)OCCCCC. The van der Waals surface area contributed by atoms with Crippen molar-refractivity contribution in [3.05, 3.63) is 23.8 Å². The molecule has 0 aliphatic rings. The maximum absolute atomic E-state index is 12.6. The molecule has 1 aromatic rings. The van der Waals surface area contributed by atoms with Crippen LogP contribution in [0.2, 0.25) is 0 Å². The highest BCUT2D eigenvalue weighted by Gasteiger charge is 2.25. The molecule has 0 amide bonds. The molecule has 0 spiro atoms. The van der Waals surface area contributed by atoms with E-state index in [9.17, 15) is 19.2 Å². The first kappa shape index (κ1) is 36.5. The van der Waals surface area contributed by atoms with Gasteiger partial charge in [0.2, 0.25) is 0 Å². The molecule has 0 bridgehead atoms. The second-order valence-electron chi connectivity index (χ2n) is 10.3. The van der Waals surface area contributed by atoms with Crippen LogP contribution in [-0.2, 0) is 34.9 Å². The third-order valence-corrected chi connectivity index (χ3v) is 5.87. The predicted molar refractivity (Wildman–Crippen MR) is 153 cm³/mol. The van der Waals surface area contributed by atoms with E-state index in [0.29, 0.717) is 18.4 Å². The average molecular weight is 598 g/mol. The number of nitrogens with two attached hydrogens (primary N) is 1. The summed E-state index contributed by atoms with van der Waals surface area (Å²) in [5.74, 6) is -0.755. The molecule has 2 N–H and O–H groups in total. The number of rotatable bonds is 18. The van der Waals surface area contributed by atoms with E-state index in [2.05, 4.69) is 0 Å². The summed E-state index contributed by atoms with van der Waals surface area (Å²) < 4.78 is 36.2. The molecule has 42 heavy (non-hydrogen) atoms. The molecule has 0 saturated carbocycles. The van der Waals surface area contributed by atoms with Gasteiger partial charge in [0.15, 0.2) is 11.5 Å². The van der Waals surface area contributed by atoms with Crippen molar-refractivity contribution in [3.63, 3.8) is 0 Å². The van der Waals surface area contributed by atoms with Gasteiger partial charge in [0, 0.05) is 0 Å². The van der Waals surface area contributed by atoms with Crippen molar-refractivity contribution in [1.29, 1.82) is 0 Å². The minimum Gasteiger partial charge on any atom is -0.458 e. The fourth-order valence-electron chi connectivity index (χ4n) is 3.32. The average Bonchev–Trinajstić information content (AvgIpc) is 2.93. The molecular weight excluding hydrogens is 550 g/mol. The summed E-state index contributed by atoms with van der Waals surface area (Å²) in [4.78, 5) is 48.9. The van der Waals surface area contributed by atoms with E-state index in [1.54, 1.807) is 19.9 Å². The maximum Gasteiger partial charge on any atom is 0.513 e. The monoisotopic (exact) mass is 597 g/mol. The highest BCUT2D eigenvalue weighted by Crippen LogP contribution is 2.30. The Hall–Kier alpha value is -3.54. The lowest BCUT2D eigenvalue weighted by atomic mass is 10.1. The van der Waals surface area contributed by atoms with Gasteiger partial charge in [-0.05, 0) is 56.7 Å². The molecule has 238 valence electrons. The molecule has 1 rings (SSSR count). The summed E-state index contributed by atoms with van der Waals surface area (Å²) in [5, 5.41) is 0. The fourth-order valence-corrected chi connectivity index (χ4v) is 3.32. The normalized spacial score (nSPS) is 13.0. The van der Waals surface area contributed by atoms with Crippen molar-refractivity contribution in [2.75, 3.05) is 19.8 Å². The Labute approximate surface area is 248 Å². The fraction of sp³-hybridized carbons (Fsp3) is 0.667. The first-order chi connectivity index (χ1) is 20.0. The second kappa shape index (κ2) is 20.4. The number of esters is 1. The standard InChI is InChI=1S/C30H47NO11/c1-7-9-11-15-36-28(33)41-25-14-13-23(18-26(25)42-29(34)37-16-12-10-8-2)17-24(31)27(32)39-21(5)22(6)40-30(35)38-19-20(3)4/h13-14,18,20-22,24H,7-12,15-17,19,31H2,1-6H3/t21-,22-,24-/m0/s1. The van der Waals surface area contributed by atoms with E-state index in [1.807, 2.05) is 27.7 Å². The molecule has 0 radical (unpaired) electrons. The van der Waals surface area contributed by atoms with Crippen LogP contribution in [0.4, 0.5) is 14.4 Å². The van der Waals surface area contributed by atoms with Gasteiger partial charge < -0.3 is 38.9 Å². The van der Waals surface area contributed by atoms with Crippen LogP contribution in [0.5, 0.6) is 11.5 Å². The Balaban J connectivity index is 2.86. The molecule has 0 fully saturated rings. The first-order valence-corrected chi connectivity index (χ1v) is 14.6. The van der Waals surface area contributed by atoms with Crippen LogP contribution in [0.15, 0.2) is 18.2 Å². The van der Waals surface area contributed by atoms with Gasteiger partial charge in [0.1, 0.15) is 18.2 Å². The topological polar surface area (TPSA) is 159 Å². The lowest BCUT2D eigenvalue weighted by Crippen LogP contribution is -2.39. The smallest absolute Gasteiger partial charge is 0.458 e. The lowest BCUT2D eigenvalue weighted by Gasteiger charge is -2.22. The van der Waals surface area contributed by atoms with Crippen molar-refractivity contribution in [3.8, 4) is 11.5 Å². The van der Waals surface area contributed by atoms with Crippen molar-refractivity contribution < 1.29 is 52.3 Å². The zero-order valence-corrected chi connectivity index (χ0v) is 25.7. The molecule has 0 aliphatic carbocycles. The number of carbonyl (C=O) groups is 4. The Kier molecular flexibility index (Phi) is 17.7. The molecule has 12 heteroatoms. The molecule has 0 unspecified atom stereocenters. The van der Waals surface area contributed by atoms with Crippen molar-refractivity contribution >= 4 is 24.4 Å². The Morgan fingerprint density at radius 1 is 0.714 bits per heavy atom. The van der Waals surface area contributed by atoms with E-state index >= 15 is 0 Å². The van der Waals surface area contributed by atoms with Crippen LogP contribution in [0, 0.1) is 5.92 Å². The number of benzene rings is 1. The van der Waals surface area contributed by atoms with E-state index < -0.39 is 42.7 Å². The van der Waals surface area contributed by atoms with Gasteiger partial charge in [0.25, 0.3) is 0 Å². The first-order valence-electron chi connectivity index (χ1n) is 14.6. The second-order valence-corrected chi connectivity index (χ2v) is 10.3. The predicted octanol–water partition coefficient (Wildman–Crippen LogP) is 6.10. The number of hydrogen-bond acceptors (Lipinski definition) is 12. The van der Waals surface area contributed by atoms with Gasteiger partial charge in [-0.25, -0.2) is 14.4 Å². The van der Waals surface area contributed by atoms with E-state index in [4.69, 9.17) is 38.9 Å².